The third kappa shape index (κ3) is 12.0. The van der Waals surface area contributed by atoms with E-state index in [2.05, 4.69) is 95.8 Å². The fourth-order valence-corrected chi connectivity index (χ4v) is 2.40. The molecule has 0 fully saturated rings. The number of nitrogens with zero attached hydrogens (tertiary/aromatic N) is 3. The van der Waals surface area contributed by atoms with Gasteiger partial charge in [0.25, 0.3) is 0 Å². The number of benzene rings is 1. The van der Waals surface area contributed by atoms with Crippen molar-refractivity contribution in [2.45, 2.75) is 39.5 Å². The van der Waals surface area contributed by atoms with Gasteiger partial charge < -0.3 is 20.4 Å². The van der Waals surface area contributed by atoms with Gasteiger partial charge in [-0.3, -0.25) is 0 Å². The van der Waals surface area contributed by atoms with Gasteiger partial charge in [0, 0.05) is 26.2 Å². The van der Waals surface area contributed by atoms with E-state index in [1.807, 2.05) is 0 Å². The van der Waals surface area contributed by atoms with Crippen molar-refractivity contribution < 1.29 is 18.9 Å². The normalized spacial score (nSPS) is 11.2. The van der Waals surface area contributed by atoms with Crippen LogP contribution in [0.25, 0.3) is 5.73 Å². The summed E-state index contributed by atoms with van der Waals surface area (Å²) in [5, 5.41) is 0. The Labute approximate surface area is 175 Å². The number of hydrogen-bond donors (Lipinski definition) is 0. The summed E-state index contributed by atoms with van der Waals surface area (Å²) in [6.07, 6.45) is 0. The van der Waals surface area contributed by atoms with Crippen LogP contribution in [0.4, 0.5) is 5.69 Å². The summed E-state index contributed by atoms with van der Waals surface area (Å²) in [6, 6.07) is 6.17. The summed E-state index contributed by atoms with van der Waals surface area (Å²) in [5.41, 5.74) is 11.1. The SMILES string of the molecule is CC(C)c1cccc(C(C)C)c1[NH-].CN(C)CCN(C)CCN(C)C.[Li+]. The van der Waals surface area contributed by atoms with Gasteiger partial charge in [0.2, 0.25) is 0 Å². The first-order valence-electron chi connectivity index (χ1n) is 9.38. The summed E-state index contributed by atoms with van der Waals surface area (Å²) in [5.74, 6) is 0.900. The minimum Gasteiger partial charge on any atom is -0.698 e. The molecule has 0 aromatic heterocycles. The van der Waals surface area contributed by atoms with Crippen molar-refractivity contribution in [3.63, 3.8) is 0 Å². The van der Waals surface area contributed by atoms with Crippen molar-refractivity contribution in [1.29, 1.82) is 0 Å². The smallest absolute Gasteiger partial charge is 0.698 e. The van der Waals surface area contributed by atoms with Crippen LogP contribution in [0, 0.1) is 0 Å². The van der Waals surface area contributed by atoms with Crippen molar-refractivity contribution in [2.75, 3.05) is 61.4 Å². The molecule has 1 aromatic carbocycles. The minimum absolute atomic E-state index is 0. The molecule has 26 heavy (non-hydrogen) atoms. The van der Waals surface area contributed by atoms with Crippen LogP contribution >= 0.6 is 0 Å². The van der Waals surface area contributed by atoms with Crippen LogP contribution < -0.4 is 18.9 Å². The van der Waals surface area contributed by atoms with Gasteiger partial charge >= 0.3 is 18.9 Å². The molecule has 0 unspecified atom stereocenters. The van der Waals surface area contributed by atoms with Crippen LogP contribution in [-0.2, 0) is 0 Å². The maximum atomic E-state index is 8.01. The predicted octanol–water partition coefficient (Wildman–Crippen LogP) is 1.66. The molecular formula is C21H41LiN4. The van der Waals surface area contributed by atoms with E-state index >= 15 is 0 Å². The molecule has 0 heterocycles. The fourth-order valence-electron chi connectivity index (χ4n) is 2.40. The molecule has 0 radical (unpaired) electrons. The number of likely N-dealkylation sites (N-methyl/N-ethyl adjacent to an activating group) is 3. The van der Waals surface area contributed by atoms with Crippen LogP contribution in [0.15, 0.2) is 18.2 Å². The van der Waals surface area contributed by atoms with E-state index in [0.717, 1.165) is 43.0 Å². The van der Waals surface area contributed by atoms with Crippen LogP contribution in [-0.4, -0.2) is 76.1 Å². The Bertz CT molecular complexity index is 435. The molecule has 0 atom stereocenters. The van der Waals surface area contributed by atoms with Crippen molar-refractivity contribution in [3.05, 3.63) is 35.1 Å². The van der Waals surface area contributed by atoms with E-state index in [1.54, 1.807) is 0 Å². The maximum absolute atomic E-state index is 8.01. The van der Waals surface area contributed by atoms with Crippen molar-refractivity contribution >= 4 is 5.69 Å². The maximum Gasteiger partial charge on any atom is 1.00 e. The molecule has 0 saturated heterocycles. The van der Waals surface area contributed by atoms with Crippen molar-refractivity contribution in [3.8, 4) is 0 Å². The first-order chi connectivity index (χ1) is 11.6. The monoisotopic (exact) mass is 356 g/mol. The van der Waals surface area contributed by atoms with E-state index in [-0.39, 0.29) is 18.9 Å². The number of nitrogens with one attached hydrogen (secondary N) is 1. The zero-order valence-corrected chi connectivity index (χ0v) is 19.1. The molecule has 0 bridgehead atoms. The predicted molar refractivity (Wildman–Crippen MR) is 113 cm³/mol. The molecule has 1 rings (SSSR count). The van der Waals surface area contributed by atoms with Gasteiger partial charge in [-0.2, -0.15) is 0 Å². The molecular weight excluding hydrogens is 315 g/mol. The van der Waals surface area contributed by atoms with E-state index in [9.17, 15) is 0 Å². The Balaban J connectivity index is 0. The van der Waals surface area contributed by atoms with Crippen molar-refractivity contribution in [2.24, 2.45) is 0 Å². The van der Waals surface area contributed by atoms with E-state index in [0.29, 0.717) is 11.8 Å². The van der Waals surface area contributed by atoms with Gasteiger partial charge in [0.1, 0.15) is 0 Å². The summed E-state index contributed by atoms with van der Waals surface area (Å²) >= 11 is 0. The second-order valence-electron chi connectivity index (χ2n) is 8.03. The largest absolute Gasteiger partial charge is 1.00 e. The van der Waals surface area contributed by atoms with Crippen molar-refractivity contribution in [1.82, 2.24) is 14.7 Å². The van der Waals surface area contributed by atoms with Gasteiger partial charge in [0.05, 0.1) is 0 Å². The minimum atomic E-state index is 0. The molecule has 146 valence electrons. The Morgan fingerprint density at radius 1 is 0.731 bits per heavy atom. The van der Waals surface area contributed by atoms with Gasteiger partial charge in [0.15, 0.2) is 0 Å². The fraction of sp³-hybridized carbons (Fsp3) is 0.714. The van der Waals surface area contributed by atoms with Crippen LogP contribution in [0.2, 0.25) is 0 Å². The quantitative estimate of drug-likeness (QED) is 0.665. The molecule has 1 N–H and O–H groups in total. The average Bonchev–Trinajstić information content (AvgIpc) is 2.51. The summed E-state index contributed by atoms with van der Waals surface area (Å²) in [7, 11) is 10.6. The van der Waals surface area contributed by atoms with E-state index in [4.69, 9.17) is 5.73 Å². The van der Waals surface area contributed by atoms with Gasteiger partial charge in [-0.25, -0.2) is 0 Å². The first-order valence-corrected chi connectivity index (χ1v) is 9.38. The standard InChI is InChI=1S/C12H18N.C9H23N3.Li/c1-8(2)10-6-5-7-11(9(3)4)12(10)13;1-10(2)6-8-12(5)9-7-11(3)4;/h5-9,13H,1-4H3;6-9H2,1-5H3;/q-1;;+1. The Hall–Kier alpha value is -0.503. The molecule has 0 aliphatic heterocycles. The summed E-state index contributed by atoms with van der Waals surface area (Å²) in [6.45, 7) is 13.1. The third-order valence-corrected chi connectivity index (χ3v) is 4.23. The van der Waals surface area contributed by atoms with Crippen LogP contribution in [0.3, 0.4) is 0 Å². The number of rotatable bonds is 8. The molecule has 4 nitrogen and oxygen atoms in total. The summed E-state index contributed by atoms with van der Waals surface area (Å²) in [4.78, 5) is 6.79. The van der Waals surface area contributed by atoms with Gasteiger partial charge in [-0.1, -0.05) is 57.0 Å². The zero-order chi connectivity index (χ0) is 19.6. The van der Waals surface area contributed by atoms with Crippen LogP contribution in [0.5, 0.6) is 0 Å². The van der Waals surface area contributed by atoms with Gasteiger partial charge in [-0.15, -0.1) is 5.69 Å². The Kier molecular flexibility index (Phi) is 15.5. The Morgan fingerprint density at radius 2 is 1.08 bits per heavy atom. The van der Waals surface area contributed by atoms with Gasteiger partial charge in [-0.05, 0) is 47.1 Å². The average molecular weight is 357 g/mol. The number of hydrogen-bond acceptors (Lipinski definition) is 3. The molecule has 5 heteroatoms. The Morgan fingerprint density at radius 3 is 1.35 bits per heavy atom. The van der Waals surface area contributed by atoms with Crippen LogP contribution in [0.1, 0.15) is 50.7 Å². The molecule has 1 aromatic rings. The second-order valence-corrected chi connectivity index (χ2v) is 8.03. The van der Waals surface area contributed by atoms with E-state index in [1.165, 1.54) is 0 Å². The molecule has 0 spiro atoms. The molecule has 0 saturated carbocycles. The van der Waals surface area contributed by atoms with E-state index < -0.39 is 0 Å². The molecule has 0 aliphatic carbocycles. The molecule has 0 aliphatic rings. The molecule has 0 amide bonds. The first kappa shape index (κ1) is 27.7. The topological polar surface area (TPSA) is 33.5 Å². The third-order valence-electron chi connectivity index (χ3n) is 4.23. The zero-order valence-electron chi connectivity index (χ0n) is 19.1. The summed E-state index contributed by atoms with van der Waals surface area (Å²) < 4.78 is 0. The second kappa shape index (κ2) is 14.5.